The number of hydrogen-bond acceptors (Lipinski definition) is 2. The lowest BCUT2D eigenvalue weighted by Crippen LogP contribution is -2.39. The largest absolute Gasteiger partial charge is 0.380 e. The summed E-state index contributed by atoms with van der Waals surface area (Å²) in [4.78, 5) is 0. The Bertz CT molecular complexity index is 184. The van der Waals surface area contributed by atoms with Crippen LogP contribution in [0.15, 0.2) is 0 Å². The summed E-state index contributed by atoms with van der Waals surface area (Å²) in [7, 11) is 0. The van der Waals surface area contributed by atoms with E-state index in [2.05, 4.69) is 39.9 Å². The Morgan fingerprint density at radius 2 is 1.68 bits per heavy atom. The monoisotopic (exact) mass is 271 g/mol. The van der Waals surface area contributed by atoms with Crippen LogP contribution in [0.1, 0.15) is 73.1 Å². The third-order valence-electron chi connectivity index (χ3n) is 4.18. The van der Waals surface area contributed by atoms with Crippen LogP contribution in [0.2, 0.25) is 0 Å². The smallest absolute Gasteiger partial charge is 0.0622 e. The number of rotatable bonds is 13. The molecule has 0 aliphatic heterocycles. The molecule has 0 amide bonds. The van der Waals surface area contributed by atoms with E-state index in [9.17, 15) is 0 Å². The van der Waals surface area contributed by atoms with Gasteiger partial charge in [-0.1, -0.05) is 60.3 Å². The van der Waals surface area contributed by atoms with Crippen molar-refractivity contribution in [2.24, 2.45) is 11.8 Å². The first-order valence-corrected chi connectivity index (χ1v) is 8.50. The van der Waals surface area contributed by atoms with Gasteiger partial charge in [-0.15, -0.1) is 0 Å². The molecule has 3 unspecified atom stereocenters. The van der Waals surface area contributed by atoms with Crippen molar-refractivity contribution in [2.45, 2.75) is 79.2 Å². The van der Waals surface area contributed by atoms with E-state index < -0.39 is 0 Å². The standard InChI is InChI=1S/C17H37NO/c1-6-10-11-16(9-4)13-19-14-17(15(5)8-3)18-12-7-2/h15-18H,6-14H2,1-5H3. The molecule has 0 heterocycles. The molecule has 1 N–H and O–H groups in total. The Balaban J connectivity index is 3.94. The maximum atomic E-state index is 6.00. The molecule has 0 saturated heterocycles. The molecule has 116 valence electrons. The molecule has 0 radical (unpaired) electrons. The van der Waals surface area contributed by atoms with Gasteiger partial charge in [0.2, 0.25) is 0 Å². The Morgan fingerprint density at radius 1 is 0.947 bits per heavy atom. The van der Waals surface area contributed by atoms with Gasteiger partial charge in [0, 0.05) is 12.6 Å². The van der Waals surface area contributed by atoms with Crippen LogP contribution in [0.5, 0.6) is 0 Å². The predicted molar refractivity (Wildman–Crippen MR) is 85.7 cm³/mol. The Morgan fingerprint density at radius 3 is 2.21 bits per heavy atom. The van der Waals surface area contributed by atoms with E-state index in [4.69, 9.17) is 4.74 Å². The molecule has 0 aromatic carbocycles. The third-order valence-corrected chi connectivity index (χ3v) is 4.18. The first-order chi connectivity index (χ1) is 9.19. The van der Waals surface area contributed by atoms with Crippen molar-refractivity contribution < 1.29 is 4.74 Å². The van der Waals surface area contributed by atoms with Crippen LogP contribution >= 0.6 is 0 Å². The van der Waals surface area contributed by atoms with E-state index >= 15 is 0 Å². The van der Waals surface area contributed by atoms with Gasteiger partial charge in [-0.05, 0) is 31.2 Å². The third kappa shape index (κ3) is 9.45. The Hall–Kier alpha value is -0.0800. The van der Waals surface area contributed by atoms with Gasteiger partial charge < -0.3 is 10.1 Å². The highest BCUT2D eigenvalue weighted by Crippen LogP contribution is 2.14. The van der Waals surface area contributed by atoms with Crippen molar-refractivity contribution in [3.63, 3.8) is 0 Å². The van der Waals surface area contributed by atoms with Crippen LogP contribution in [0.3, 0.4) is 0 Å². The fourth-order valence-electron chi connectivity index (χ4n) is 2.30. The van der Waals surface area contributed by atoms with Gasteiger partial charge in [0.05, 0.1) is 6.61 Å². The maximum absolute atomic E-state index is 6.00. The van der Waals surface area contributed by atoms with Crippen LogP contribution in [0, 0.1) is 11.8 Å². The molecule has 3 atom stereocenters. The predicted octanol–water partition coefficient (Wildman–Crippen LogP) is 4.63. The SMILES string of the molecule is CCCCC(CC)COCC(NCCC)C(C)CC. The second-order valence-electron chi connectivity index (χ2n) is 5.90. The number of ether oxygens (including phenoxy) is 1. The molecule has 0 aliphatic carbocycles. The van der Waals surface area contributed by atoms with Crippen molar-refractivity contribution in [2.75, 3.05) is 19.8 Å². The van der Waals surface area contributed by atoms with Gasteiger partial charge in [0.25, 0.3) is 0 Å². The molecule has 0 spiro atoms. The van der Waals surface area contributed by atoms with Crippen molar-refractivity contribution in [3.8, 4) is 0 Å². The van der Waals surface area contributed by atoms with Crippen molar-refractivity contribution >= 4 is 0 Å². The number of unbranched alkanes of at least 4 members (excludes halogenated alkanes) is 1. The molecule has 0 aliphatic rings. The fraction of sp³-hybridized carbons (Fsp3) is 1.00. The fourth-order valence-corrected chi connectivity index (χ4v) is 2.30. The van der Waals surface area contributed by atoms with Crippen molar-refractivity contribution in [1.82, 2.24) is 5.32 Å². The summed E-state index contributed by atoms with van der Waals surface area (Å²) >= 11 is 0. The summed E-state index contributed by atoms with van der Waals surface area (Å²) in [5, 5.41) is 3.63. The molecule has 19 heavy (non-hydrogen) atoms. The summed E-state index contributed by atoms with van der Waals surface area (Å²) in [5.41, 5.74) is 0. The van der Waals surface area contributed by atoms with Gasteiger partial charge in [0.1, 0.15) is 0 Å². The summed E-state index contributed by atoms with van der Waals surface area (Å²) in [6, 6.07) is 0.522. The first kappa shape index (κ1) is 18.9. The lowest BCUT2D eigenvalue weighted by atomic mass is 9.99. The van der Waals surface area contributed by atoms with Gasteiger partial charge in [-0.3, -0.25) is 0 Å². The number of hydrogen-bond donors (Lipinski definition) is 1. The van der Waals surface area contributed by atoms with Crippen LogP contribution in [-0.4, -0.2) is 25.8 Å². The zero-order valence-electron chi connectivity index (χ0n) is 14.0. The van der Waals surface area contributed by atoms with Crippen LogP contribution in [0.4, 0.5) is 0 Å². The van der Waals surface area contributed by atoms with Crippen LogP contribution in [0.25, 0.3) is 0 Å². The zero-order chi connectivity index (χ0) is 14.5. The zero-order valence-corrected chi connectivity index (χ0v) is 14.0. The average molecular weight is 271 g/mol. The molecule has 2 nitrogen and oxygen atoms in total. The molecule has 0 rings (SSSR count). The summed E-state index contributed by atoms with van der Waals surface area (Å²) in [5.74, 6) is 1.45. The van der Waals surface area contributed by atoms with E-state index in [1.54, 1.807) is 0 Å². The van der Waals surface area contributed by atoms with Crippen LogP contribution in [-0.2, 0) is 4.74 Å². The molecular formula is C17H37NO. The van der Waals surface area contributed by atoms with E-state index in [-0.39, 0.29) is 0 Å². The minimum absolute atomic E-state index is 0.522. The second kappa shape index (κ2) is 12.9. The van der Waals surface area contributed by atoms with Gasteiger partial charge >= 0.3 is 0 Å². The van der Waals surface area contributed by atoms with E-state index in [1.165, 1.54) is 38.5 Å². The average Bonchev–Trinajstić information content (AvgIpc) is 2.45. The summed E-state index contributed by atoms with van der Waals surface area (Å²) < 4.78 is 6.00. The lowest BCUT2D eigenvalue weighted by Gasteiger charge is -2.25. The highest BCUT2D eigenvalue weighted by atomic mass is 16.5. The molecule has 0 fully saturated rings. The number of nitrogens with one attached hydrogen (secondary N) is 1. The highest BCUT2D eigenvalue weighted by molar-refractivity contribution is 4.72. The molecule has 0 saturated carbocycles. The van der Waals surface area contributed by atoms with Crippen LogP contribution < -0.4 is 5.32 Å². The summed E-state index contributed by atoms with van der Waals surface area (Å²) in [6.07, 6.45) is 7.62. The maximum Gasteiger partial charge on any atom is 0.0622 e. The van der Waals surface area contributed by atoms with Crippen molar-refractivity contribution in [1.29, 1.82) is 0 Å². The molecule has 0 bridgehead atoms. The van der Waals surface area contributed by atoms with E-state index in [0.717, 1.165) is 25.7 Å². The van der Waals surface area contributed by atoms with E-state index in [0.29, 0.717) is 12.0 Å². The topological polar surface area (TPSA) is 21.3 Å². The molecule has 2 heteroatoms. The summed E-state index contributed by atoms with van der Waals surface area (Å²) in [6.45, 7) is 14.3. The first-order valence-electron chi connectivity index (χ1n) is 8.50. The minimum Gasteiger partial charge on any atom is -0.380 e. The Labute approximate surface area is 121 Å². The molecule has 0 aromatic rings. The highest BCUT2D eigenvalue weighted by Gasteiger charge is 2.16. The van der Waals surface area contributed by atoms with E-state index in [1.807, 2.05) is 0 Å². The van der Waals surface area contributed by atoms with Gasteiger partial charge in [0.15, 0.2) is 0 Å². The second-order valence-corrected chi connectivity index (χ2v) is 5.90. The van der Waals surface area contributed by atoms with Gasteiger partial charge in [-0.25, -0.2) is 0 Å². The Kier molecular flexibility index (Phi) is 12.9. The lowest BCUT2D eigenvalue weighted by molar-refractivity contribution is 0.0647. The molecule has 0 aromatic heterocycles. The minimum atomic E-state index is 0.522. The molecular weight excluding hydrogens is 234 g/mol. The van der Waals surface area contributed by atoms with Gasteiger partial charge in [-0.2, -0.15) is 0 Å². The quantitative estimate of drug-likeness (QED) is 0.527. The normalized spacial score (nSPS) is 16.3. The van der Waals surface area contributed by atoms with Crippen molar-refractivity contribution in [3.05, 3.63) is 0 Å².